The summed E-state index contributed by atoms with van der Waals surface area (Å²) in [7, 11) is 0. The predicted octanol–water partition coefficient (Wildman–Crippen LogP) is 15.1. The maximum atomic E-state index is 5.31. The molecule has 0 unspecified atom stereocenters. The molecule has 0 aliphatic carbocycles. The lowest BCUT2D eigenvalue weighted by Gasteiger charge is -2.34. The Labute approximate surface area is 373 Å². The van der Waals surface area contributed by atoms with Gasteiger partial charge in [0.2, 0.25) is 0 Å². The van der Waals surface area contributed by atoms with Crippen LogP contribution in [0.3, 0.4) is 0 Å². The lowest BCUT2D eigenvalue weighted by atomic mass is 10.0. The first-order chi connectivity index (χ1) is 31.7. The highest BCUT2D eigenvalue weighted by atomic mass is 15.2. The van der Waals surface area contributed by atoms with Gasteiger partial charge in [0, 0.05) is 44.8 Å². The molecule has 0 saturated heterocycles. The van der Waals surface area contributed by atoms with E-state index in [4.69, 9.17) is 19.9 Å². The molecule has 64 heavy (non-hydrogen) atoms. The van der Waals surface area contributed by atoms with Crippen LogP contribution in [-0.4, -0.2) is 26.2 Å². The first-order valence-corrected chi connectivity index (χ1v) is 21.3. The Morgan fingerprint density at radius 1 is 0.453 bits per heavy atom. The molecule has 0 spiro atoms. The molecule has 0 atom stereocenters. The van der Waals surface area contributed by atoms with Crippen LogP contribution in [0.1, 0.15) is 12.6 Å². The van der Waals surface area contributed by atoms with Crippen LogP contribution < -0.4 is 9.80 Å². The van der Waals surface area contributed by atoms with Crippen LogP contribution in [0.5, 0.6) is 0 Å². The molecule has 0 saturated carbocycles. The minimum atomic E-state index is 0.531. The van der Waals surface area contributed by atoms with Gasteiger partial charge in [0.05, 0.1) is 34.0 Å². The molecule has 7 heteroatoms. The van der Waals surface area contributed by atoms with E-state index >= 15 is 0 Å². The maximum Gasteiger partial charge on any atom is 0.164 e. The van der Waals surface area contributed by atoms with Crippen molar-refractivity contribution >= 4 is 63.5 Å². The topological polar surface area (TPSA) is 62.4 Å². The fourth-order valence-electron chi connectivity index (χ4n) is 8.36. The van der Waals surface area contributed by atoms with Gasteiger partial charge in [0.25, 0.3) is 0 Å². The first-order valence-electron chi connectivity index (χ1n) is 21.3. The fourth-order valence-corrected chi connectivity index (χ4v) is 8.36. The number of aliphatic imine (C=N–C) groups is 1. The number of hydrogen-bond acceptors (Lipinski definition) is 6. The first kappa shape index (κ1) is 39.5. The van der Waals surface area contributed by atoms with Gasteiger partial charge < -0.3 is 14.4 Å². The molecule has 0 radical (unpaired) electrons. The van der Waals surface area contributed by atoms with Crippen molar-refractivity contribution in [1.29, 1.82) is 0 Å². The SMILES string of the molecule is C=Nc1c(/C=C\C)n(-c2c(N(c3ccccc3)c3ccccc3)cc(-c3nc(-c4ccccc4)nc(-c4ccccc4)n3)cc2N(c2ccccc2)c2ccccc2)c2ccccc12. The molecule has 0 fully saturated rings. The molecule has 0 N–H and O–H groups in total. The molecule has 0 bridgehead atoms. The van der Waals surface area contributed by atoms with E-state index in [0.717, 1.165) is 78.8 Å². The van der Waals surface area contributed by atoms with Crippen molar-refractivity contribution in [2.24, 2.45) is 4.99 Å². The highest BCUT2D eigenvalue weighted by Gasteiger charge is 2.30. The summed E-state index contributed by atoms with van der Waals surface area (Å²) in [6.07, 6.45) is 4.19. The van der Waals surface area contributed by atoms with Crippen LogP contribution in [0, 0.1) is 0 Å². The minimum absolute atomic E-state index is 0.531. The zero-order valence-corrected chi connectivity index (χ0v) is 35.3. The number of hydrogen-bond donors (Lipinski definition) is 0. The number of anilines is 6. The molecular weight excluding hydrogens is 783 g/mol. The second kappa shape index (κ2) is 17.7. The summed E-state index contributed by atoms with van der Waals surface area (Å²) in [5, 5.41) is 0.987. The minimum Gasteiger partial charge on any atom is -0.308 e. The predicted molar refractivity (Wildman–Crippen MR) is 266 cm³/mol. The van der Waals surface area contributed by atoms with E-state index in [-0.39, 0.29) is 0 Å². The Kier molecular flexibility index (Phi) is 10.9. The van der Waals surface area contributed by atoms with E-state index < -0.39 is 0 Å². The van der Waals surface area contributed by atoms with Gasteiger partial charge in [-0.3, -0.25) is 4.99 Å². The van der Waals surface area contributed by atoms with Crippen molar-refractivity contribution in [3.05, 3.63) is 230 Å². The molecule has 0 aliphatic heterocycles. The van der Waals surface area contributed by atoms with E-state index in [1.807, 2.05) is 67.6 Å². The lowest BCUT2D eigenvalue weighted by molar-refractivity contribution is 1.06. The Bertz CT molecular complexity index is 2980. The van der Waals surface area contributed by atoms with Crippen LogP contribution >= 0.6 is 0 Å². The van der Waals surface area contributed by atoms with Crippen LogP contribution in [0.25, 0.3) is 56.8 Å². The van der Waals surface area contributed by atoms with E-state index in [1.165, 1.54) is 0 Å². The molecule has 0 amide bonds. The summed E-state index contributed by atoms with van der Waals surface area (Å²) >= 11 is 0. The summed E-state index contributed by atoms with van der Waals surface area (Å²) in [5.41, 5.74) is 11.8. The Morgan fingerprint density at radius 3 is 1.20 bits per heavy atom. The summed E-state index contributed by atoms with van der Waals surface area (Å²) in [6.45, 7) is 6.15. The number of fused-ring (bicyclic) bond motifs is 1. The number of benzene rings is 8. The largest absolute Gasteiger partial charge is 0.308 e. The van der Waals surface area contributed by atoms with Gasteiger partial charge in [-0.05, 0) is 86.4 Å². The van der Waals surface area contributed by atoms with Crippen molar-refractivity contribution in [3.63, 3.8) is 0 Å². The highest BCUT2D eigenvalue weighted by molar-refractivity contribution is 6.03. The Morgan fingerprint density at radius 2 is 0.812 bits per heavy atom. The van der Waals surface area contributed by atoms with Crippen molar-refractivity contribution in [2.45, 2.75) is 6.92 Å². The summed E-state index contributed by atoms with van der Waals surface area (Å²) < 4.78 is 2.34. The monoisotopic (exact) mass is 825 g/mol. The number of allylic oxidation sites excluding steroid dienone is 1. The van der Waals surface area contributed by atoms with Gasteiger partial charge >= 0.3 is 0 Å². The molecular formula is C57H43N7. The lowest BCUT2D eigenvalue weighted by Crippen LogP contribution is -2.19. The van der Waals surface area contributed by atoms with Crippen molar-refractivity contribution < 1.29 is 0 Å². The molecule has 0 aliphatic rings. The summed E-state index contributed by atoms with van der Waals surface area (Å²) in [4.78, 5) is 25.0. The molecule has 8 aromatic carbocycles. The smallest absolute Gasteiger partial charge is 0.164 e. The summed E-state index contributed by atoms with van der Waals surface area (Å²) in [6, 6.07) is 75.1. The van der Waals surface area contributed by atoms with Crippen molar-refractivity contribution in [3.8, 4) is 39.9 Å². The molecule has 2 aromatic heterocycles. The van der Waals surface area contributed by atoms with Gasteiger partial charge in [0.1, 0.15) is 0 Å². The van der Waals surface area contributed by atoms with E-state index in [1.54, 1.807) is 0 Å². The molecule has 7 nitrogen and oxygen atoms in total. The molecule has 306 valence electrons. The average molecular weight is 826 g/mol. The Balaban J connectivity index is 1.42. The maximum absolute atomic E-state index is 5.31. The standard InChI is InChI=1S/C57H43N7/c1-3-24-50-53(58-2)48-37-22-23-38-49(48)64(50)54-51(62(44-29-14-6-15-30-44)45-31-16-7-17-32-45)39-43(40-52(54)63(46-33-18-8-19-34-46)47-35-20-9-21-36-47)57-60-55(41-25-10-4-11-26-41)59-56(61-57)42-27-12-5-13-28-42/h3-40H,2H2,1H3/b24-3-. The second-order valence-electron chi connectivity index (χ2n) is 15.2. The fraction of sp³-hybridized carbons (Fsp3) is 0.0175. The van der Waals surface area contributed by atoms with E-state index in [2.05, 4.69) is 191 Å². The Hall–Kier alpha value is -8.68. The number of aromatic nitrogens is 4. The van der Waals surface area contributed by atoms with Crippen LogP contribution in [-0.2, 0) is 0 Å². The third-order valence-corrected chi connectivity index (χ3v) is 11.2. The summed E-state index contributed by atoms with van der Waals surface area (Å²) in [5.74, 6) is 1.69. The zero-order valence-electron chi connectivity index (χ0n) is 35.3. The quantitative estimate of drug-likeness (QED) is 0.115. The number of nitrogens with zero attached hydrogens (tertiary/aromatic N) is 7. The van der Waals surface area contributed by atoms with Gasteiger partial charge in [-0.2, -0.15) is 0 Å². The average Bonchev–Trinajstić information content (AvgIpc) is 3.68. The van der Waals surface area contributed by atoms with Gasteiger partial charge in [-0.15, -0.1) is 0 Å². The number of para-hydroxylation sites is 5. The third-order valence-electron chi connectivity index (χ3n) is 11.2. The van der Waals surface area contributed by atoms with E-state index in [9.17, 15) is 0 Å². The molecule has 10 aromatic rings. The third kappa shape index (κ3) is 7.52. The van der Waals surface area contributed by atoms with Crippen LogP contribution in [0.15, 0.2) is 229 Å². The van der Waals surface area contributed by atoms with Gasteiger partial charge in [0.15, 0.2) is 17.5 Å². The molecule has 10 rings (SSSR count). The molecule has 2 heterocycles. The second-order valence-corrected chi connectivity index (χ2v) is 15.2. The van der Waals surface area contributed by atoms with Crippen LogP contribution in [0.2, 0.25) is 0 Å². The van der Waals surface area contributed by atoms with Crippen molar-refractivity contribution in [1.82, 2.24) is 19.5 Å². The van der Waals surface area contributed by atoms with Gasteiger partial charge in [-0.25, -0.2) is 15.0 Å². The van der Waals surface area contributed by atoms with E-state index in [0.29, 0.717) is 17.5 Å². The highest BCUT2D eigenvalue weighted by Crippen LogP contribution is 2.51. The number of rotatable bonds is 12. The van der Waals surface area contributed by atoms with Crippen molar-refractivity contribution in [2.75, 3.05) is 9.80 Å². The van der Waals surface area contributed by atoms with Gasteiger partial charge in [-0.1, -0.05) is 158 Å². The zero-order chi connectivity index (χ0) is 43.2. The van der Waals surface area contributed by atoms with Crippen LogP contribution in [0.4, 0.5) is 39.8 Å². The normalized spacial score (nSPS) is 11.2.